The van der Waals surface area contributed by atoms with E-state index in [1.54, 1.807) is 6.08 Å². The van der Waals surface area contributed by atoms with Gasteiger partial charge in [-0.3, -0.25) is 0 Å². The maximum atomic E-state index is 9.43. The Kier molecular flexibility index (Phi) is 5.36. The Morgan fingerprint density at radius 2 is 2.12 bits per heavy atom. The van der Waals surface area contributed by atoms with Gasteiger partial charge in [0.05, 0.1) is 30.4 Å². The first-order valence-electron chi connectivity index (χ1n) is 8.60. The Morgan fingerprint density at radius 1 is 1.36 bits per heavy atom. The van der Waals surface area contributed by atoms with Crippen LogP contribution in [0.4, 0.5) is 5.82 Å². The quantitative estimate of drug-likeness (QED) is 0.908. The molecule has 0 saturated carbocycles. The van der Waals surface area contributed by atoms with Crippen LogP contribution in [0.5, 0.6) is 0 Å². The summed E-state index contributed by atoms with van der Waals surface area (Å²) in [6.07, 6.45) is 5.67. The molecule has 3 rings (SSSR count). The minimum Gasteiger partial charge on any atom is -0.394 e. The molecule has 1 N–H and O–H groups in total. The van der Waals surface area contributed by atoms with E-state index in [1.165, 1.54) is 5.56 Å². The molecule has 0 amide bonds. The summed E-state index contributed by atoms with van der Waals surface area (Å²) < 4.78 is 7.54. The van der Waals surface area contributed by atoms with E-state index in [0.717, 1.165) is 28.6 Å². The van der Waals surface area contributed by atoms with Crippen molar-refractivity contribution in [3.05, 3.63) is 53.1 Å². The monoisotopic (exact) mass is 339 g/mol. The average molecular weight is 339 g/mol. The maximum absolute atomic E-state index is 9.43. The molecule has 1 aliphatic rings. The molecule has 1 aromatic carbocycles. The summed E-state index contributed by atoms with van der Waals surface area (Å²) in [6, 6.07) is 8.33. The molecule has 1 saturated heterocycles. The molecule has 5 heteroatoms. The molecule has 5 nitrogen and oxygen atoms in total. The molecule has 25 heavy (non-hydrogen) atoms. The van der Waals surface area contributed by atoms with Crippen LogP contribution in [0, 0.1) is 6.92 Å². The van der Waals surface area contributed by atoms with Gasteiger partial charge in [-0.2, -0.15) is 0 Å². The molecule has 2 aromatic rings. The number of hydrogen-bond acceptors (Lipinski definition) is 4. The zero-order valence-electron chi connectivity index (χ0n) is 14.9. The predicted octanol–water partition coefficient (Wildman–Crippen LogP) is 1.15. The lowest BCUT2D eigenvalue weighted by Gasteiger charge is -2.32. The molecular weight excluding hydrogens is 314 g/mol. The summed E-state index contributed by atoms with van der Waals surface area (Å²) in [5.74, 6) is 0.898. The molecule has 1 fully saturated rings. The van der Waals surface area contributed by atoms with Crippen molar-refractivity contribution in [1.29, 1.82) is 0 Å². The van der Waals surface area contributed by atoms with Crippen LogP contribution in [-0.4, -0.2) is 47.3 Å². The van der Waals surface area contributed by atoms with Crippen LogP contribution >= 0.6 is 0 Å². The Morgan fingerprint density at radius 3 is 2.76 bits per heavy atom. The molecule has 1 unspecified atom stereocenters. The van der Waals surface area contributed by atoms with Gasteiger partial charge in [-0.15, -0.1) is 5.10 Å². The predicted molar refractivity (Wildman–Crippen MR) is 101 cm³/mol. The number of aryl methyl sites for hydroxylation is 1. The number of ether oxygens (including phenoxy) is 1. The van der Waals surface area contributed by atoms with Crippen molar-refractivity contribution in [3.8, 4) is 5.69 Å². The van der Waals surface area contributed by atoms with Gasteiger partial charge in [-0.05, 0) is 32.1 Å². The van der Waals surface area contributed by atoms with Crippen LogP contribution in [0.15, 0.2) is 36.9 Å². The Balaban J connectivity index is 2.14. The summed E-state index contributed by atoms with van der Waals surface area (Å²) in [4.78, 5) is 2.18. The summed E-state index contributed by atoms with van der Waals surface area (Å²) >= 11 is 0. The number of allylic oxidation sites excluding steroid dienone is 1. The number of aliphatic hydroxyl groups is 1. The van der Waals surface area contributed by atoms with Gasteiger partial charge < -0.3 is 14.7 Å². The van der Waals surface area contributed by atoms with Crippen LogP contribution in [0.3, 0.4) is 0 Å². The second-order valence-corrected chi connectivity index (χ2v) is 6.18. The topological polar surface area (TPSA) is 50.5 Å². The van der Waals surface area contributed by atoms with E-state index in [1.807, 2.05) is 17.7 Å². The molecule has 0 aliphatic carbocycles. The van der Waals surface area contributed by atoms with Gasteiger partial charge in [-0.1, -0.05) is 36.4 Å². The van der Waals surface area contributed by atoms with Crippen molar-refractivity contribution in [1.82, 2.24) is 9.78 Å². The van der Waals surface area contributed by atoms with Gasteiger partial charge in [0.25, 0.3) is 0 Å². The molecule has 0 bridgehead atoms. The highest BCUT2D eigenvalue weighted by molar-refractivity contribution is 5.52. The molecule has 1 atom stereocenters. The van der Waals surface area contributed by atoms with Crippen molar-refractivity contribution in [2.45, 2.75) is 20.0 Å². The smallest absolute Gasteiger partial charge is 0.159 e. The van der Waals surface area contributed by atoms with E-state index in [2.05, 4.69) is 48.7 Å². The van der Waals surface area contributed by atoms with Crippen molar-refractivity contribution in [2.24, 2.45) is 0 Å². The number of benzene rings is 1. The van der Waals surface area contributed by atoms with Gasteiger partial charge >= 0.3 is 0 Å². The first kappa shape index (κ1) is 17.5. The van der Waals surface area contributed by atoms with Gasteiger partial charge in [0.15, 0.2) is 5.82 Å². The summed E-state index contributed by atoms with van der Waals surface area (Å²) in [5.41, 5.74) is 2.24. The zero-order chi connectivity index (χ0) is 17.8. The van der Waals surface area contributed by atoms with Crippen molar-refractivity contribution >= 4 is 18.0 Å². The Labute approximate surface area is 148 Å². The standard InChI is InChI=1S/C20H25N3O2/c1-4-6-18-19(5-2)23(16-9-7-15(3)8-10-16)21-20(18)22-11-12-25-17(13-22)14-24/h4-10,17,24H,1,11-14H2,2-3H3/b18-6+,19-5+. The Bertz CT molecular complexity index is 852. The second-order valence-electron chi connectivity index (χ2n) is 6.18. The van der Waals surface area contributed by atoms with Crippen LogP contribution in [0.25, 0.3) is 17.8 Å². The number of aromatic nitrogens is 2. The number of morpholine rings is 1. The lowest BCUT2D eigenvalue weighted by atomic mass is 10.2. The van der Waals surface area contributed by atoms with Crippen molar-refractivity contribution < 1.29 is 9.84 Å². The molecule has 0 spiro atoms. The highest BCUT2D eigenvalue weighted by atomic mass is 16.5. The van der Waals surface area contributed by atoms with Gasteiger partial charge in [0.1, 0.15) is 0 Å². The van der Waals surface area contributed by atoms with E-state index in [9.17, 15) is 5.11 Å². The third kappa shape index (κ3) is 3.52. The van der Waals surface area contributed by atoms with Crippen molar-refractivity contribution in [2.75, 3.05) is 31.2 Å². The highest BCUT2D eigenvalue weighted by Gasteiger charge is 2.23. The molecule has 2 heterocycles. The van der Waals surface area contributed by atoms with E-state index < -0.39 is 0 Å². The molecule has 0 radical (unpaired) electrons. The van der Waals surface area contributed by atoms with Crippen LogP contribution in [0.2, 0.25) is 0 Å². The Hall–Kier alpha value is -2.37. The molecule has 1 aliphatic heterocycles. The highest BCUT2D eigenvalue weighted by Crippen LogP contribution is 2.13. The largest absolute Gasteiger partial charge is 0.394 e. The second kappa shape index (κ2) is 7.68. The maximum Gasteiger partial charge on any atom is 0.159 e. The molecular formula is C20H25N3O2. The van der Waals surface area contributed by atoms with E-state index in [-0.39, 0.29) is 12.7 Å². The van der Waals surface area contributed by atoms with E-state index in [4.69, 9.17) is 9.84 Å². The SMILES string of the molecule is C=C/C=c1/c(N2CCOC(CO)C2)nn(-c2ccc(C)cc2)/c1=C/C. The van der Waals surface area contributed by atoms with E-state index in [0.29, 0.717) is 13.2 Å². The first-order valence-corrected chi connectivity index (χ1v) is 8.60. The number of anilines is 1. The van der Waals surface area contributed by atoms with Gasteiger partial charge in [0, 0.05) is 18.3 Å². The van der Waals surface area contributed by atoms with Crippen LogP contribution in [0.1, 0.15) is 12.5 Å². The normalized spacial score (nSPS) is 19.5. The summed E-state index contributed by atoms with van der Waals surface area (Å²) in [5, 5.41) is 16.4. The number of nitrogens with zero attached hydrogens (tertiary/aromatic N) is 3. The molecule has 1 aromatic heterocycles. The number of hydrogen-bond donors (Lipinski definition) is 1. The minimum atomic E-state index is -0.177. The third-order valence-electron chi connectivity index (χ3n) is 4.42. The fraction of sp³-hybridized carbons (Fsp3) is 0.350. The van der Waals surface area contributed by atoms with Gasteiger partial charge in [-0.25, -0.2) is 4.68 Å². The lowest BCUT2D eigenvalue weighted by Crippen LogP contribution is -2.46. The number of aliphatic hydroxyl groups excluding tert-OH is 1. The van der Waals surface area contributed by atoms with E-state index >= 15 is 0 Å². The minimum absolute atomic E-state index is 0.0163. The van der Waals surface area contributed by atoms with Crippen molar-refractivity contribution in [3.63, 3.8) is 0 Å². The fourth-order valence-corrected chi connectivity index (χ4v) is 3.13. The summed E-state index contributed by atoms with van der Waals surface area (Å²) in [7, 11) is 0. The average Bonchev–Trinajstić information content (AvgIpc) is 3.01. The van der Waals surface area contributed by atoms with Gasteiger partial charge in [0.2, 0.25) is 0 Å². The van der Waals surface area contributed by atoms with Crippen LogP contribution < -0.4 is 15.5 Å². The third-order valence-corrected chi connectivity index (χ3v) is 4.42. The summed E-state index contributed by atoms with van der Waals surface area (Å²) in [6.45, 7) is 9.92. The fourth-order valence-electron chi connectivity index (χ4n) is 3.13. The van der Waals surface area contributed by atoms with Crippen LogP contribution in [-0.2, 0) is 4.74 Å². The first-order chi connectivity index (χ1) is 12.2. The zero-order valence-corrected chi connectivity index (χ0v) is 14.9. The lowest BCUT2D eigenvalue weighted by molar-refractivity contribution is 0.00330. The molecule has 132 valence electrons. The number of rotatable bonds is 4.